The number of hydrogen-bond donors (Lipinski definition) is 2. The summed E-state index contributed by atoms with van der Waals surface area (Å²) in [6.07, 6.45) is 3.77. The van der Waals surface area contributed by atoms with Crippen LogP contribution in [0.5, 0.6) is 0 Å². The van der Waals surface area contributed by atoms with E-state index in [1.807, 2.05) is 0 Å². The zero-order valence-corrected chi connectivity index (χ0v) is 14.0. The largest absolute Gasteiger partial charge is 0.383 e. The molecule has 0 bridgehead atoms. The first kappa shape index (κ1) is 16.1. The lowest BCUT2D eigenvalue weighted by atomic mass is 10.0. The van der Waals surface area contributed by atoms with Gasteiger partial charge in [-0.1, -0.05) is 18.2 Å². The summed E-state index contributed by atoms with van der Waals surface area (Å²) in [5.74, 6) is 0. The summed E-state index contributed by atoms with van der Waals surface area (Å²) in [6, 6.07) is 15.0. The highest BCUT2D eigenvalue weighted by Crippen LogP contribution is 2.31. The fourth-order valence-electron chi connectivity index (χ4n) is 2.92. The molecule has 3 rings (SSSR count). The molecular weight excluding hydrogens is 298 g/mol. The molecule has 0 amide bonds. The Hall–Kier alpha value is -2.82. The van der Waals surface area contributed by atoms with Gasteiger partial charge in [0.2, 0.25) is 0 Å². The highest BCUT2D eigenvalue weighted by molar-refractivity contribution is 5.70. The van der Waals surface area contributed by atoms with Crippen molar-refractivity contribution in [1.29, 1.82) is 0 Å². The van der Waals surface area contributed by atoms with Crippen LogP contribution >= 0.6 is 0 Å². The maximum Gasteiger partial charge on any atom is 0.106 e. The van der Waals surface area contributed by atoms with E-state index in [9.17, 15) is 0 Å². The van der Waals surface area contributed by atoms with Crippen LogP contribution in [0, 0.1) is 0 Å². The molecule has 0 unspecified atom stereocenters. The lowest BCUT2D eigenvalue weighted by Gasteiger charge is -2.15. The Morgan fingerprint density at radius 1 is 1.17 bits per heavy atom. The first-order chi connectivity index (χ1) is 11.8. The number of nitrogens with zero attached hydrogens (tertiary/aromatic N) is 3. The SMILES string of the molecule is C=NN(C=NC)CCNc1ccc2c(c1)CCc1ccccc1N2. The van der Waals surface area contributed by atoms with Crippen molar-refractivity contribution in [2.45, 2.75) is 12.8 Å². The molecular formula is C19H23N5. The number of hydrogen-bond acceptors (Lipinski definition) is 4. The number of anilines is 3. The normalized spacial score (nSPS) is 12.7. The van der Waals surface area contributed by atoms with Crippen molar-refractivity contribution in [3.8, 4) is 0 Å². The molecule has 0 radical (unpaired) electrons. The smallest absolute Gasteiger partial charge is 0.106 e. The summed E-state index contributed by atoms with van der Waals surface area (Å²) in [5, 5.41) is 12.6. The number of para-hydroxylation sites is 1. The molecule has 5 heteroatoms. The molecule has 2 aromatic carbocycles. The van der Waals surface area contributed by atoms with Crippen LogP contribution in [0.25, 0.3) is 0 Å². The zero-order valence-electron chi connectivity index (χ0n) is 14.0. The third-order valence-electron chi connectivity index (χ3n) is 4.16. The number of hydrazone groups is 1. The summed E-state index contributed by atoms with van der Waals surface area (Å²) in [5.41, 5.74) is 6.24. The summed E-state index contributed by atoms with van der Waals surface area (Å²) >= 11 is 0. The molecule has 5 nitrogen and oxygen atoms in total. The maximum atomic E-state index is 3.95. The molecule has 2 aromatic rings. The Labute approximate surface area is 143 Å². The number of fused-ring (bicyclic) bond motifs is 2. The molecule has 2 N–H and O–H groups in total. The van der Waals surface area contributed by atoms with E-state index in [4.69, 9.17) is 0 Å². The number of benzene rings is 2. The third-order valence-corrected chi connectivity index (χ3v) is 4.16. The fourth-order valence-corrected chi connectivity index (χ4v) is 2.92. The monoisotopic (exact) mass is 321 g/mol. The molecule has 1 aliphatic rings. The van der Waals surface area contributed by atoms with Gasteiger partial charge in [-0.2, -0.15) is 5.10 Å². The molecule has 0 atom stereocenters. The van der Waals surface area contributed by atoms with Gasteiger partial charge in [0.1, 0.15) is 6.34 Å². The van der Waals surface area contributed by atoms with Crippen molar-refractivity contribution >= 4 is 30.1 Å². The molecule has 24 heavy (non-hydrogen) atoms. The van der Waals surface area contributed by atoms with E-state index in [1.165, 1.54) is 22.5 Å². The predicted octanol–water partition coefficient (Wildman–Crippen LogP) is 3.52. The van der Waals surface area contributed by atoms with E-state index in [0.29, 0.717) is 0 Å². The van der Waals surface area contributed by atoms with Crippen LogP contribution in [0.2, 0.25) is 0 Å². The third kappa shape index (κ3) is 3.74. The van der Waals surface area contributed by atoms with Gasteiger partial charge in [-0.15, -0.1) is 0 Å². The molecule has 0 spiro atoms. The summed E-state index contributed by atoms with van der Waals surface area (Å²) in [7, 11) is 1.73. The van der Waals surface area contributed by atoms with Crippen molar-refractivity contribution < 1.29 is 0 Å². The zero-order chi connectivity index (χ0) is 16.8. The molecule has 0 saturated carbocycles. The van der Waals surface area contributed by atoms with Crippen LogP contribution in [-0.2, 0) is 12.8 Å². The van der Waals surface area contributed by atoms with Crippen LogP contribution in [0.1, 0.15) is 11.1 Å². The van der Waals surface area contributed by atoms with Gasteiger partial charge >= 0.3 is 0 Å². The Kier molecular flexibility index (Phi) is 5.11. The van der Waals surface area contributed by atoms with E-state index >= 15 is 0 Å². The van der Waals surface area contributed by atoms with E-state index < -0.39 is 0 Å². The lowest BCUT2D eigenvalue weighted by Crippen LogP contribution is -2.22. The minimum Gasteiger partial charge on any atom is -0.383 e. The first-order valence-corrected chi connectivity index (χ1v) is 8.17. The van der Waals surface area contributed by atoms with Crippen molar-refractivity contribution in [1.82, 2.24) is 5.01 Å². The predicted molar refractivity (Wildman–Crippen MR) is 103 cm³/mol. The van der Waals surface area contributed by atoms with E-state index in [2.05, 4.69) is 69.9 Å². The van der Waals surface area contributed by atoms with Crippen LogP contribution in [0.4, 0.5) is 17.1 Å². The van der Waals surface area contributed by atoms with Gasteiger partial charge in [-0.25, -0.2) is 0 Å². The topological polar surface area (TPSA) is 52.0 Å². The minimum absolute atomic E-state index is 0.724. The van der Waals surface area contributed by atoms with E-state index in [1.54, 1.807) is 18.4 Å². The molecule has 0 aromatic heterocycles. The summed E-state index contributed by atoms with van der Waals surface area (Å²) in [4.78, 5) is 3.95. The molecule has 0 saturated heterocycles. The van der Waals surface area contributed by atoms with Crippen molar-refractivity contribution in [2.75, 3.05) is 30.8 Å². The second-order valence-corrected chi connectivity index (χ2v) is 5.76. The Morgan fingerprint density at radius 3 is 2.79 bits per heavy atom. The van der Waals surface area contributed by atoms with Crippen molar-refractivity contribution in [3.05, 3.63) is 53.6 Å². The number of aliphatic imine (C=N–C) groups is 1. The lowest BCUT2D eigenvalue weighted by molar-refractivity contribution is 0.479. The average Bonchev–Trinajstić information content (AvgIpc) is 2.80. The molecule has 1 heterocycles. The van der Waals surface area contributed by atoms with Gasteiger partial charge in [0.25, 0.3) is 0 Å². The van der Waals surface area contributed by atoms with Crippen LogP contribution in [0.3, 0.4) is 0 Å². The average molecular weight is 321 g/mol. The summed E-state index contributed by atoms with van der Waals surface area (Å²) < 4.78 is 0. The molecule has 124 valence electrons. The highest BCUT2D eigenvalue weighted by atomic mass is 15.4. The minimum atomic E-state index is 0.724. The molecule has 1 aliphatic heterocycles. The number of nitrogens with one attached hydrogen (secondary N) is 2. The fraction of sp³-hybridized carbons (Fsp3) is 0.263. The standard InChI is InChI=1S/C19H23N5/c1-20-14-24(21-2)12-11-22-17-9-10-19-16(13-17)8-7-15-5-3-4-6-18(15)23-19/h3-6,9-10,13-14,22-23H,2,7-8,11-12H2,1H3. The molecule has 0 aliphatic carbocycles. The summed E-state index contributed by atoms with van der Waals surface area (Å²) in [6.45, 7) is 5.04. The highest BCUT2D eigenvalue weighted by Gasteiger charge is 2.12. The number of aryl methyl sites for hydroxylation is 2. The van der Waals surface area contributed by atoms with Crippen molar-refractivity contribution in [2.24, 2.45) is 10.1 Å². The van der Waals surface area contributed by atoms with Gasteiger partial charge in [0.15, 0.2) is 0 Å². The maximum absolute atomic E-state index is 3.95. The van der Waals surface area contributed by atoms with Crippen LogP contribution in [0.15, 0.2) is 52.6 Å². The quantitative estimate of drug-likeness (QED) is 0.486. The van der Waals surface area contributed by atoms with Gasteiger partial charge in [0, 0.05) is 37.4 Å². The first-order valence-electron chi connectivity index (χ1n) is 8.17. The van der Waals surface area contributed by atoms with E-state index in [0.717, 1.165) is 31.6 Å². The second-order valence-electron chi connectivity index (χ2n) is 5.76. The van der Waals surface area contributed by atoms with Gasteiger partial charge in [-0.05, 0) is 48.2 Å². The Morgan fingerprint density at radius 2 is 1.96 bits per heavy atom. The van der Waals surface area contributed by atoms with Gasteiger partial charge in [0.05, 0.1) is 6.54 Å². The van der Waals surface area contributed by atoms with Gasteiger partial charge in [-0.3, -0.25) is 10.0 Å². The van der Waals surface area contributed by atoms with E-state index in [-0.39, 0.29) is 0 Å². The second kappa shape index (κ2) is 7.64. The van der Waals surface area contributed by atoms with Crippen molar-refractivity contribution in [3.63, 3.8) is 0 Å². The Balaban J connectivity index is 1.66. The molecule has 0 fully saturated rings. The van der Waals surface area contributed by atoms with Gasteiger partial charge < -0.3 is 10.6 Å². The number of rotatable bonds is 6. The Bertz CT molecular complexity index is 738. The van der Waals surface area contributed by atoms with Crippen LogP contribution < -0.4 is 10.6 Å². The van der Waals surface area contributed by atoms with Crippen LogP contribution in [-0.4, -0.2) is 38.2 Å².